The Morgan fingerprint density at radius 2 is 0.989 bits per heavy atom. The molecule has 0 spiro atoms. The minimum Gasteiger partial charge on any atom is -0.480 e. The second-order valence-electron chi connectivity index (χ2n) is 20.7. The van der Waals surface area contributed by atoms with Gasteiger partial charge in [0.2, 0.25) is 76.8 Å². The summed E-state index contributed by atoms with van der Waals surface area (Å²) in [6, 6.07) is -2.10. The van der Waals surface area contributed by atoms with E-state index in [0.717, 1.165) is 14.7 Å². The first-order valence-corrected chi connectivity index (χ1v) is 27.6. The van der Waals surface area contributed by atoms with Crippen molar-refractivity contribution in [2.24, 2.45) is 11.5 Å². The maximum Gasteiger partial charge on any atom is 0.326 e. The van der Waals surface area contributed by atoms with Crippen LogP contribution < -0.4 is 70.0 Å². The minimum atomic E-state index is -1.38. The Morgan fingerprint density at radius 1 is 0.552 bits per heavy atom. The molecule has 4 rings (SSSR count). The van der Waals surface area contributed by atoms with E-state index in [-0.39, 0.29) is 70.7 Å². The summed E-state index contributed by atoms with van der Waals surface area (Å²) in [5, 5.41) is 82.5. The SMILES string of the molecule is C[C@H](NC(=O)CNC(=O)[C@@H]1C[C@@H](O)CN1C(=O)CNC(=O)CNC(=O)[C@@H]1C[C@@H](O)CN1C(=O)[C@@H](N)CO)C(=O)N[C@@H](C)C(=O)NCC(=O)N[C@@H](Cc1ccccc1)C(=O)N1C[C@H](O)C[C@H]1C(=O)NCC(=O)NCC(=O)N[C@@H](CCCNC(=N)N)C(=O)O. The van der Waals surface area contributed by atoms with Crippen molar-refractivity contribution in [1.29, 1.82) is 5.41 Å². The highest BCUT2D eigenvalue weighted by Crippen LogP contribution is 2.22. The molecule has 3 fully saturated rings. The number of nitrogens with zero attached hydrogens (tertiary/aromatic N) is 3. The number of aliphatic hydroxyl groups excluding tert-OH is 4. The number of benzene rings is 1. The standard InChI is InChI=1S/C51H77N17O19/c1-25(63-44(80)26(2)62-39(75)18-61-45(81)34-12-28(70)21-66(34)42(78)20-57-38(74)16-60-46(82)35-13-29(71)22-67(35)48(84)31(52)24-69)43(79)58-19-41(77)65-33(11-27-7-4-3-5-8-27)49(85)68-23-30(72)14-36(68)47(83)59-15-37(73)56-17-40(76)64-32(50(86)87)9-6-10-55-51(53)54/h3-5,7-8,25-26,28-36,69-72H,6,9-24,52H2,1-2H3,(H,56,73)(H,57,74)(H,58,79)(H,59,83)(H,60,82)(H,61,81)(H,62,75)(H,63,80)(H,64,76)(H,65,77)(H,86,87)(H4,53,54,55)/t25-,26-,28+,29+,30+,31-,32-,33-,34-,35-,36-/m0/s1. The summed E-state index contributed by atoms with van der Waals surface area (Å²) in [4.78, 5) is 183. The van der Waals surface area contributed by atoms with Crippen LogP contribution in [0.5, 0.6) is 0 Å². The molecule has 36 nitrogen and oxygen atoms in total. The normalized spacial score (nSPS) is 20.4. The molecule has 87 heavy (non-hydrogen) atoms. The van der Waals surface area contributed by atoms with Crippen LogP contribution in [0, 0.1) is 5.41 Å². The molecule has 0 unspecified atom stereocenters. The van der Waals surface area contributed by atoms with Gasteiger partial charge in [-0.1, -0.05) is 30.3 Å². The molecule has 21 N–H and O–H groups in total. The molecule has 3 aliphatic heterocycles. The largest absolute Gasteiger partial charge is 0.480 e. The Labute approximate surface area is 497 Å². The van der Waals surface area contributed by atoms with Gasteiger partial charge in [-0.15, -0.1) is 0 Å². The Hall–Kier alpha value is -9.13. The monoisotopic (exact) mass is 1230 g/mol. The highest BCUT2D eigenvalue weighted by Gasteiger charge is 2.43. The van der Waals surface area contributed by atoms with Gasteiger partial charge in [0.05, 0.1) is 64.2 Å². The topological polar surface area (TPSA) is 558 Å². The Balaban J connectivity index is 1.21. The number of guanidine groups is 1. The lowest BCUT2D eigenvalue weighted by Gasteiger charge is -2.28. The van der Waals surface area contributed by atoms with E-state index in [2.05, 4.69) is 58.5 Å². The van der Waals surface area contributed by atoms with Crippen LogP contribution in [-0.2, 0) is 73.5 Å². The van der Waals surface area contributed by atoms with Crippen LogP contribution in [0.25, 0.3) is 0 Å². The lowest BCUT2D eigenvalue weighted by Crippen LogP contribution is -2.56. The van der Waals surface area contributed by atoms with Crippen molar-refractivity contribution in [2.45, 2.75) is 119 Å². The molecule has 480 valence electrons. The van der Waals surface area contributed by atoms with Gasteiger partial charge in [0.25, 0.3) is 0 Å². The number of nitrogens with one attached hydrogen (secondary N) is 12. The number of nitrogens with two attached hydrogens (primary N) is 2. The molecule has 0 aliphatic carbocycles. The van der Waals surface area contributed by atoms with Crippen LogP contribution in [0.2, 0.25) is 0 Å². The van der Waals surface area contributed by atoms with E-state index in [1.165, 1.54) is 13.8 Å². The molecule has 0 radical (unpaired) electrons. The first-order valence-electron chi connectivity index (χ1n) is 27.6. The molecule has 36 heteroatoms. The quantitative estimate of drug-likeness (QED) is 0.0186. The van der Waals surface area contributed by atoms with Crippen LogP contribution in [0.15, 0.2) is 30.3 Å². The summed E-state index contributed by atoms with van der Waals surface area (Å²) < 4.78 is 0. The van der Waals surface area contributed by atoms with Gasteiger partial charge in [-0.3, -0.25) is 67.7 Å². The first kappa shape index (κ1) is 70.4. The predicted octanol–water partition coefficient (Wildman–Crippen LogP) is -11.5. The summed E-state index contributed by atoms with van der Waals surface area (Å²) in [5.74, 6) is -12.7. The predicted molar refractivity (Wildman–Crippen MR) is 297 cm³/mol. The van der Waals surface area contributed by atoms with Crippen LogP contribution in [-0.4, -0.2) is 268 Å². The molecular weight excluding hydrogens is 1150 g/mol. The zero-order valence-corrected chi connectivity index (χ0v) is 47.7. The molecule has 3 heterocycles. The molecule has 3 aliphatic rings. The van der Waals surface area contributed by atoms with Crippen LogP contribution >= 0.6 is 0 Å². The van der Waals surface area contributed by atoms with Crippen molar-refractivity contribution < 1.29 is 92.7 Å². The molecule has 0 saturated carbocycles. The van der Waals surface area contributed by atoms with Crippen molar-refractivity contribution in [3.8, 4) is 0 Å². The van der Waals surface area contributed by atoms with E-state index in [0.29, 0.717) is 5.56 Å². The number of carbonyl (C=O) groups is 14. The summed E-state index contributed by atoms with van der Waals surface area (Å²) in [6.07, 6.45) is -3.99. The van der Waals surface area contributed by atoms with Gasteiger partial charge in [0, 0.05) is 51.9 Å². The second-order valence-corrected chi connectivity index (χ2v) is 20.7. The fourth-order valence-corrected chi connectivity index (χ4v) is 9.29. The van der Waals surface area contributed by atoms with Gasteiger partial charge in [-0.2, -0.15) is 0 Å². The number of hydrogen-bond donors (Lipinski definition) is 19. The highest BCUT2D eigenvalue weighted by molar-refractivity contribution is 5.98. The first-order chi connectivity index (χ1) is 41.1. The van der Waals surface area contributed by atoms with Crippen LogP contribution in [0.3, 0.4) is 0 Å². The lowest BCUT2D eigenvalue weighted by molar-refractivity contribution is -0.142. The van der Waals surface area contributed by atoms with Gasteiger partial charge >= 0.3 is 5.97 Å². The Morgan fingerprint density at radius 3 is 1.51 bits per heavy atom. The van der Waals surface area contributed by atoms with E-state index in [9.17, 15) is 92.7 Å². The molecule has 1 aromatic carbocycles. The summed E-state index contributed by atoms with van der Waals surface area (Å²) >= 11 is 0. The van der Waals surface area contributed by atoms with Crippen molar-refractivity contribution in [2.75, 3.05) is 72.1 Å². The maximum atomic E-state index is 14.1. The summed E-state index contributed by atoms with van der Waals surface area (Å²) in [7, 11) is 0. The number of carboxylic acid groups (broad SMARTS) is 1. The number of aliphatic carboxylic acids is 1. The zero-order chi connectivity index (χ0) is 64.7. The van der Waals surface area contributed by atoms with Gasteiger partial charge in [0.15, 0.2) is 5.96 Å². The van der Waals surface area contributed by atoms with Crippen molar-refractivity contribution in [3.05, 3.63) is 35.9 Å². The number of carbonyl (C=O) groups excluding carboxylic acids is 13. The number of aliphatic hydroxyl groups is 4. The molecule has 13 amide bonds. The van der Waals surface area contributed by atoms with Gasteiger partial charge in [-0.25, -0.2) is 4.79 Å². The number of carboxylic acids is 1. The third-order valence-corrected chi connectivity index (χ3v) is 13.8. The van der Waals surface area contributed by atoms with E-state index >= 15 is 0 Å². The van der Waals surface area contributed by atoms with Gasteiger partial charge in [0.1, 0.15) is 48.3 Å². The van der Waals surface area contributed by atoms with Gasteiger partial charge in [-0.05, 0) is 32.3 Å². The third kappa shape index (κ3) is 22.7. The van der Waals surface area contributed by atoms with Crippen molar-refractivity contribution in [3.63, 3.8) is 0 Å². The average molecular weight is 1230 g/mol. The number of likely N-dealkylation sites (tertiary alicyclic amines) is 3. The minimum absolute atomic E-state index is 0.0209. The maximum absolute atomic E-state index is 14.1. The molecule has 0 aromatic heterocycles. The average Bonchev–Trinajstić information content (AvgIpc) is 2.62. The van der Waals surface area contributed by atoms with E-state index in [4.69, 9.17) is 16.9 Å². The Bertz CT molecular complexity index is 2710. The highest BCUT2D eigenvalue weighted by atomic mass is 16.4. The number of β-amino-alcohol motifs (C(OH)–C–C–N with tert-alkyl or cyclic N) is 3. The Kier molecular flexibility index (Phi) is 27.6. The molecule has 3 saturated heterocycles. The fraction of sp³-hybridized carbons (Fsp3) is 0.588. The van der Waals surface area contributed by atoms with Crippen LogP contribution in [0.1, 0.15) is 51.5 Å². The van der Waals surface area contributed by atoms with Gasteiger partial charge < -0.3 is 110 Å². The van der Waals surface area contributed by atoms with Crippen molar-refractivity contribution in [1.82, 2.24) is 73.2 Å². The molecule has 0 bridgehead atoms. The smallest absolute Gasteiger partial charge is 0.326 e. The number of amides is 13. The molecule has 1 aromatic rings. The molecular formula is C51H77N17O19. The third-order valence-electron chi connectivity index (χ3n) is 13.8. The van der Waals surface area contributed by atoms with E-state index < -0.39 is 195 Å². The molecule has 11 atom stereocenters. The lowest BCUT2D eigenvalue weighted by atomic mass is 10.0. The number of hydrogen-bond acceptors (Lipinski definition) is 20. The zero-order valence-electron chi connectivity index (χ0n) is 47.7. The van der Waals surface area contributed by atoms with E-state index in [1.807, 2.05) is 0 Å². The number of rotatable bonds is 31. The summed E-state index contributed by atoms with van der Waals surface area (Å²) in [5.41, 5.74) is 11.3. The van der Waals surface area contributed by atoms with E-state index in [1.54, 1.807) is 30.3 Å². The second kappa shape index (κ2) is 34.1. The van der Waals surface area contributed by atoms with Crippen molar-refractivity contribution >= 4 is 88.7 Å². The summed E-state index contributed by atoms with van der Waals surface area (Å²) in [6.45, 7) is -3.03. The fourth-order valence-electron chi connectivity index (χ4n) is 9.29. The van der Waals surface area contributed by atoms with Crippen LogP contribution in [0.4, 0.5) is 0 Å².